The number of hydrogen-bond donors (Lipinski definition) is 1. The quantitative estimate of drug-likeness (QED) is 0.725. The molecule has 1 N–H and O–H groups in total. The lowest BCUT2D eigenvalue weighted by atomic mass is 10.2. The highest BCUT2D eigenvalue weighted by atomic mass is 16.4. The Labute approximate surface area is 94.5 Å². The average molecular weight is 230 g/mol. The highest BCUT2D eigenvalue weighted by molar-refractivity contribution is 5.83. The zero-order valence-electron chi connectivity index (χ0n) is 8.45. The number of carboxylic acid groups (broad SMARTS) is 1. The number of hydrogen-bond acceptors (Lipinski definition) is 5. The molecule has 6 heteroatoms. The Morgan fingerprint density at radius 2 is 2.00 bits per heavy atom. The van der Waals surface area contributed by atoms with Crippen LogP contribution in [0.3, 0.4) is 0 Å². The van der Waals surface area contributed by atoms with Crippen LogP contribution in [0.15, 0.2) is 39.2 Å². The van der Waals surface area contributed by atoms with Crippen LogP contribution in [0, 0.1) is 0 Å². The standard InChI is InChI=1S/C11H6N2O4/c14-11(15)10-13-12-9(17-10)8-5-6-3-1-2-4-7(6)16-8/h1-5H,(H,14,15). The summed E-state index contributed by atoms with van der Waals surface area (Å²) in [6.45, 7) is 0. The van der Waals surface area contributed by atoms with Crippen molar-refractivity contribution in [2.45, 2.75) is 0 Å². The molecule has 0 radical (unpaired) electrons. The molecule has 17 heavy (non-hydrogen) atoms. The van der Waals surface area contributed by atoms with E-state index >= 15 is 0 Å². The maximum absolute atomic E-state index is 10.6. The fourth-order valence-electron chi connectivity index (χ4n) is 1.50. The van der Waals surface area contributed by atoms with Crippen molar-refractivity contribution in [2.75, 3.05) is 0 Å². The number of carboxylic acids is 1. The summed E-state index contributed by atoms with van der Waals surface area (Å²) in [5.74, 6) is -1.31. The van der Waals surface area contributed by atoms with Crippen LogP contribution in [0.1, 0.15) is 10.7 Å². The molecular formula is C11H6N2O4. The van der Waals surface area contributed by atoms with Gasteiger partial charge >= 0.3 is 11.9 Å². The first-order valence-electron chi connectivity index (χ1n) is 4.80. The second-order valence-electron chi connectivity index (χ2n) is 3.37. The largest absolute Gasteiger partial charge is 0.474 e. The number of fused-ring (bicyclic) bond motifs is 1. The van der Waals surface area contributed by atoms with Gasteiger partial charge in [-0.3, -0.25) is 0 Å². The maximum Gasteiger partial charge on any atom is 0.393 e. The summed E-state index contributed by atoms with van der Waals surface area (Å²) in [7, 11) is 0. The van der Waals surface area contributed by atoms with Crippen molar-refractivity contribution in [2.24, 2.45) is 0 Å². The van der Waals surface area contributed by atoms with Crippen LogP contribution in [0.5, 0.6) is 0 Å². The second kappa shape index (κ2) is 3.44. The van der Waals surface area contributed by atoms with Gasteiger partial charge in [-0.1, -0.05) is 18.2 Å². The molecule has 84 valence electrons. The van der Waals surface area contributed by atoms with Crippen LogP contribution < -0.4 is 0 Å². The average Bonchev–Trinajstić information content (AvgIpc) is 2.95. The smallest absolute Gasteiger partial charge is 0.393 e. The third-order valence-corrected chi connectivity index (χ3v) is 2.24. The van der Waals surface area contributed by atoms with Gasteiger partial charge in [0.15, 0.2) is 5.76 Å². The monoisotopic (exact) mass is 230 g/mol. The molecule has 0 fully saturated rings. The van der Waals surface area contributed by atoms with Crippen molar-refractivity contribution in [1.82, 2.24) is 10.2 Å². The van der Waals surface area contributed by atoms with E-state index in [9.17, 15) is 4.79 Å². The molecule has 0 aliphatic carbocycles. The molecular weight excluding hydrogens is 224 g/mol. The molecule has 2 heterocycles. The SMILES string of the molecule is O=C(O)c1nnc(-c2cc3ccccc3o2)o1. The van der Waals surface area contributed by atoms with Gasteiger partial charge in [0.1, 0.15) is 5.58 Å². The van der Waals surface area contributed by atoms with E-state index in [-0.39, 0.29) is 5.89 Å². The van der Waals surface area contributed by atoms with Crippen LogP contribution in [-0.4, -0.2) is 21.3 Å². The number of benzene rings is 1. The second-order valence-corrected chi connectivity index (χ2v) is 3.37. The zero-order chi connectivity index (χ0) is 11.8. The van der Waals surface area contributed by atoms with Crippen LogP contribution in [0.4, 0.5) is 0 Å². The van der Waals surface area contributed by atoms with Crippen molar-refractivity contribution in [3.63, 3.8) is 0 Å². The molecule has 3 rings (SSSR count). The fraction of sp³-hybridized carbons (Fsp3) is 0. The number of furan rings is 1. The summed E-state index contributed by atoms with van der Waals surface area (Å²) in [5, 5.41) is 16.5. The van der Waals surface area contributed by atoms with Crippen molar-refractivity contribution in [3.8, 4) is 11.7 Å². The lowest BCUT2D eigenvalue weighted by Crippen LogP contribution is -1.95. The minimum absolute atomic E-state index is 0.0543. The Hall–Kier alpha value is -2.63. The van der Waals surface area contributed by atoms with Crippen molar-refractivity contribution in [3.05, 3.63) is 36.2 Å². The predicted molar refractivity (Wildman–Crippen MR) is 56.5 cm³/mol. The Kier molecular flexibility index (Phi) is 1.94. The third kappa shape index (κ3) is 1.55. The number of carbonyl (C=O) groups is 1. The predicted octanol–water partition coefficient (Wildman–Crippen LogP) is 2.18. The normalized spacial score (nSPS) is 10.8. The summed E-state index contributed by atoms with van der Waals surface area (Å²) in [6, 6.07) is 9.10. The van der Waals surface area contributed by atoms with Gasteiger partial charge in [0, 0.05) is 5.39 Å². The molecule has 0 aliphatic heterocycles. The van der Waals surface area contributed by atoms with E-state index in [0.717, 1.165) is 5.39 Å². The highest BCUT2D eigenvalue weighted by Gasteiger charge is 2.17. The van der Waals surface area contributed by atoms with E-state index in [2.05, 4.69) is 10.2 Å². The fourth-order valence-corrected chi connectivity index (χ4v) is 1.50. The van der Waals surface area contributed by atoms with Gasteiger partial charge in [-0.05, 0) is 12.1 Å². The van der Waals surface area contributed by atoms with Crippen molar-refractivity contribution >= 4 is 16.9 Å². The minimum atomic E-state index is -1.26. The van der Waals surface area contributed by atoms with Gasteiger partial charge < -0.3 is 13.9 Å². The highest BCUT2D eigenvalue weighted by Crippen LogP contribution is 2.26. The number of aromatic carboxylic acids is 1. The first kappa shape index (κ1) is 9.59. The van der Waals surface area contributed by atoms with Crippen molar-refractivity contribution in [1.29, 1.82) is 0 Å². The van der Waals surface area contributed by atoms with Crippen molar-refractivity contribution < 1.29 is 18.7 Å². The molecule has 0 saturated heterocycles. The Balaban J connectivity index is 2.10. The topological polar surface area (TPSA) is 89.4 Å². The minimum Gasteiger partial charge on any atom is -0.474 e. The number of aromatic nitrogens is 2. The van der Waals surface area contributed by atoms with Crippen LogP contribution in [0.2, 0.25) is 0 Å². The summed E-state index contributed by atoms with van der Waals surface area (Å²) in [5.41, 5.74) is 0.678. The lowest BCUT2D eigenvalue weighted by molar-refractivity contribution is 0.0654. The van der Waals surface area contributed by atoms with E-state index in [1.807, 2.05) is 18.2 Å². The van der Waals surface area contributed by atoms with E-state index in [1.54, 1.807) is 12.1 Å². The summed E-state index contributed by atoms with van der Waals surface area (Å²) < 4.78 is 10.4. The summed E-state index contributed by atoms with van der Waals surface area (Å²) in [6.07, 6.45) is 0. The van der Waals surface area contributed by atoms with E-state index < -0.39 is 11.9 Å². The van der Waals surface area contributed by atoms with Gasteiger partial charge in [0.25, 0.3) is 5.89 Å². The Morgan fingerprint density at radius 3 is 2.71 bits per heavy atom. The Bertz CT molecular complexity index is 665. The molecule has 6 nitrogen and oxygen atoms in total. The van der Waals surface area contributed by atoms with Gasteiger partial charge in [-0.25, -0.2) is 4.79 Å². The van der Waals surface area contributed by atoms with Gasteiger partial charge in [-0.15, -0.1) is 10.2 Å². The molecule has 1 aromatic carbocycles. The molecule has 0 unspecified atom stereocenters. The number of rotatable bonds is 2. The number of para-hydroxylation sites is 1. The zero-order valence-corrected chi connectivity index (χ0v) is 8.45. The molecule has 0 aliphatic rings. The van der Waals surface area contributed by atoms with Gasteiger partial charge in [-0.2, -0.15) is 0 Å². The van der Waals surface area contributed by atoms with Gasteiger partial charge in [0.2, 0.25) is 0 Å². The Morgan fingerprint density at radius 1 is 1.18 bits per heavy atom. The van der Waals surface area contributed by atoms with Gasteiger partial charge in [0.05, 0.1) is 0 Å². The summed E-state index contributed by atoms with van der Waals surface area (Å²) in [4.78, 5) is 10.6. The van der Waals surface area contributed by atoms with Crippen LogP contribution >= 0.6 is 0 Å². The molecule has 0 spiro atoms. The molecule has 3 aromatic rings. The molecule has 2 aromatic heterocycles. The molecule has 0 saturated carbocycles. The first-order valence-corrected chi connectivity index (χ1v) is 4.80. The maximum atomic E-state index is 10.6. The molecule has 0 bridgehead atoms. The third-order valence-electron chi connectivity index (χ3n) is 2.24. The van der Waals surface area contributed by atoms with Crippen LogP contribution in [0.25, 0.3) is 22.6 Å². The number of nitrogens with zero attached hydrogens (tertiary/aromatic N) is 2. The molecule has 0 atom stereocenters. The first-order chi connectivity index (χ1) is 8.24. The van der Waals surface area contributed by atoms with E-state index in [0.29, 0.717) is 11.3 Å². The van der Waals surface area contributed by atoms with E-state index in [4.69, 9.17) is 13.9 Å². The molecule has 0 amide bonds. The van der Waals surface area contributed by atoms with Crippen LogP contribution in [-0.2, 0) is 0 Å². The lowest BCUT2D eigenvalue weighted by Gasteiger charge is -1.85. The summed E-state index contributed by atoms with van der Waals surface area (Å²) >= 11 is 0. The van der Waals surface area contributed by atoms with E-state index in [1.165, 1.54) is 0 Å².